The van der Waals surface area contributed by atoms with Crippen LogP contribution in [-0.4, -0.2) is 121 Å². The van der Waals surface area contributed by atoms with E-state index in [2.05, 4.69) is 58.1 Å². The molecule has 25 nitrogen and oxygen atoms in total. The minimum atomic E-state index is -1.84. The van der Waals surface area contributed by atoms with Crippen LogP contribution in [0.4, 0.5) is 0 Å². The molecule has 31 heteroatoms. The first kappa shape index (κ1) is 56.8. The summed E-state index contributed by atoms with van der Waals surface area (Å²) in [5.74, 6) is -6.66. The van der Waals surface area contributed by atoms with Crippen molar-refractivity contribution in [3.63, 3.8) is 0 Å². The number of cyclic esters (lactones) is 1. The number of carbonyl (C=O) groups is 8. The maximum atomic E-state index is 14.5. The van der Waals surface area contributed by atoms with Crippen LogP contribution in [0.15, 0.2) is 69.5 Å². The number of thioether (sulfide) groups is 1. The van der Waals surface area contributed by atoms with Gasteiger partial charge in [0.25, 0.3) is 29.5 Å². The molecule has 2 aliphatic rings. The van der Waals surface area contributed by atoms with Gasteiger partial charge in [-0.05, 0) is 44.0 Å². The molecule has 82 heavy (non-hydrogen) atoms. The molecular formula is C51H43N13O12S6. The van der Waals surface area contributed by atoms with Crippen molar-refractivity contribution in [3.05, 3.63) is 124 Å². The van der Waals surface area contributed by atoms with Gasteiger partial charge in [0.15, 0.2) is 6.10 Å². The van der Waals surface area contributed by atoms with E-state index >= 15 is 0 Å². The van der Waals surface area contributed by atoms with Crippen molar-refractivity contribution in [3.8, 4) is 38.4 Å². The van der Waals surface area contributed by atoms with Crippen LogP contribution >= 0.6 is 68.4 Å². The van der Waals surface area contributed by atoms with Gasteiger partial charge in [-0.1, -0.05) is 36.5 Å². The smallest absolute Gasteiger partial charge is 0.335 e. The molecular weight excluding hydrogens is 1180 g/mol. The number of nitrogens with zero attached hydrogens (tertiary/aromatic N) is 6. The Morgan fingerprint density at radius 3 is 2.17 bits per heavy atom. The Kier molecular flexibility index (Phi) is 16.3. The number of aryl methyl sites for hydroxylation is 1. The quantitative estimate of drug-likeness (QED) is 0.0810. The molecule has 11 N–H and O–H groups in total. The molecule has 5 atom stereocenters. The lowest BCUT2D eigenvalue weighted by Crippen LogP contribution is -2.52. The fourth-order valence-corrected chi connectivity index (χ4v) is 13.6. The Labute approximate surface area is 486 Å². The number of aromatic nitrogens is 7. The van der Waals surface area contributed by atoms with Gasteiger partial charge in [0.1, 0.15) is 83.3 Å². The summed E-state index contributed by atoms with van der Waals surface area (Å²) in [6.07, 6.45) is -2.29. The highest BCUT2D eigenvalue weighted by Gasteiger charge is 2.33. The second-order valence-corrected chi connectivity index (χ2v) is 23.5. The number of allylic oxidation sites excluding steroid dienone is 1. The molecule has 0 radical (unpaired) electrons. The number of pyridine rings is 1. The van der Waals surface area contributed by atoms with Gasteiger partial charge < -0.3 is 57.4 Å². The van der Waals surface area contributed by atoms with Crippen molar-refractivity contribution < 1.29 is 58.4 Å². The fourth-order valence-electron chi connectivity index (χ4n) is 8.44. The van der Waals surface area contributed by atoms with E-state index in [1.165, 1.54) is 40.6 Å². The lowest BCUT2D eigenvalue weighted by Gasteiger charge is -2.21. The van der Waals surface area contributed by atoms with Gasteiger partial charge in [-0.25, -0.2) is 34.7 Å². The number of hydrogen-bond donors (Lipinski definition) is 10. The standard InChI is InChI=1S/C51H43N13O12S6/c1-5-23-46-60-28(14-79-46)41(70)56-25-10-33(67)50(74)76-11-21-7-6-8-24-34(21)18(2)35(54-24)51(75)82-17-31(57-42(71)29-15-80-47(25)61-29)48-58-26(12-78-48)37-22(45-59-30(13-77-45)43(72)64-36(20(4)65)44(73)55-23)9-32(66)38(63-37)49-62-27(16-81-49)40(69)53-19(3)39(52)68/h5-9,12-16,20,25,31,33,36,54,65-67H,3,10-11,17H2,1-2,4H3,(H2,52,68)(H,53,69)(H,55,73)(H,56,70)(H,57,71)(H,64,72)/b23-5-/t20-,25+,31-,33+,36+/m1/s1. The molecule has 0 spiro atoms. The first-order valence-corrected chi connectivity index (χ1v) is 29.7. The summed E-state index contributed by atoms with van der Waals surface area (Å²) in [5.41, 5.74) is 6.39. The minimum Gasteiger partial charge on any atom is -0.506 e. The normalized spacial score (nSPS) is 19.2. The molecule has 2 aliphatic heterocycles. The van der Waals surface area contributed by atoms with Gasteiger partial charge in [-0.3, -0.25) is 33.6 Å². The second-order valence-electron chi connectivity index (χ2n) is 18.2. The molecule has 1 aromatic carbocycles. The van der Waals surface area contributed by atoms with Crippen molar-refractivity contribution in [1.29, 1.82) is 0 Å². The Hall–Kier alpha value is -8.43. The Morgan fingerprint density at radius 2 is 1.45 bits per heavy atom. The van der Waals surface area contributed by atoms with Gasteiger partial charge in [0.2, 0.25) is 11.0 Å². The Morgan fingerprint density at radius 1 is 0.817 bits per heavy atom. The van der Waals surface area contributed by atoms with Crippen molar-refractivity contribution >= 4 is 132 Å². The number of primary amides is 1. The number of aliphatic hydroxyl groups is 2. The summed E-state index contributed by atoms with van der Waals surface area (Å²) in [4.78, 5) is 140. The SMILES string of the molecule is C=C(NC(=O)c1csc(-c2nc3c(cc2O)-c2nc(cs2)C(=O)N[C@@H]([C@@H](C)O)C(=O)N/C(=C\C)c2nc(cs2)C(=O)N[C@H]2C[C@H](O)C(=O)OCc4cccc5[nH]c(c(C)c45)C(=O)SC[C@@H](NC(=O)c4csc2n4)c2nc-3cs2)n1)C(N)=O. The highest BCUT2D eigenvalue weighted by Crippen LogP contribution is 2.42. The maximum absolute atomic E-state index is 14.5. The van der Waals surface area contributed by atoms with Crippen LogP contribution in [0.5, 0.6) is 5.75 Å². The van der Waals surface area contributed by atoms with E-state index in [-0.39, 0.29) is 99.9 Å². The molecule has 9 heterocycles. The average Bonchev–Trinajstić information content (AvgIpc) is 4.37. The molecule has 7 aromatic heterocycles. The number of rotatable bonds is 5. The zero-order chi connectivity index (χ0) is 58.3. The number of fused-ring (bicyclic) bond motifs is 13. The topological polar surface area (TPSA) is 386 Å². The van der Waals surface area contributed by atoms with Gasteiger partial charge in [0, 0.05) is 55.5 Å². The number of nitrogens with two attached hydrogens (primary N) is 1. The summed E-state index contributed by atoms with van der Waals surface area (Å²) >= 11 is 5.73. The van der Waals surface area contributed by atoms with Crippen LogP contribution < -0.4 is 32.3 Å². The van der Waals surface area contributed by atoms with Gasteiger partial charge in [-0.15, -0.1) is 56.7 Å². The highest BCUT2D eigenvalue weighted by molar-refractivity contribution is 8.14. The molecule has 10 rings (SSSR count). The zero-order valence-electron chi connectivity index (χ0n) is 42.7. The largest absolute Gasteiger partial charge is 0.506 e. The van der Waals surface area contributed by atoms with E-state index in [4.69, 9.17) is 20.4 Å². The molecule has 0 saturated carbocycles. The lowest BCUT2D eigenvalue weighted by atomic mass is 10.1. The van der Waals surface area contributed by atoms with Crippen LogP contribution in [0.2, 0.25) is 0 Å². The summed E-state index contributed by atoms with van der Waals surface area (Å²) in [6, 6.07) is 2.64. The number of benzene rings is 1. The van der Waals surface area contributed by atoms with Crippen molar-refractivity contribution in [2.75, 3.05) is 5.75 Å². The van der Waals surface area contributed by atoms with Gasteiger partial charge in [0.05, 0.1) is 35.3 Å². The molecule has 0 unspecified atom stereocenters. The number of amides is 6. The molecule has 8 aromatic rings. The number of thiazole rings is 5. The number of aromatic hydroxyl groups is 1. The summed E-state index contributed by atoms with van der Waals surface area (Å²) < 4.78 is 5.63. The number of hydrogen-bond acceptors (Lipinski definition) is 24. The summed E-state index contributed by atoms with van der Waals surface area (Å²) in [5, 5.41) is 55.1. The van der Waals surface area contributed by atoms with E-state index in [1.807, 2.05) is 0 Å². The Bertz CT molecular complexity index is 3990. The van der Waals surface area contributed by atoms with Crippen LogP contribution in [0.3, 0.4) is 0 Å². The predicted octanol–water partition coefficient (Wildman–Crippen LogP) is 4.88. The van der Waals surface area contributed by atoms with Crippen molar-refractivity contribution in [2.45, 2.75) is 64.1 Å². The summed E-state index contributed by atoms with van der Waals surface area (Å²) in [6.45, 7) is 7.74. The van der Waals surface area contributed by atoms with Crippen LogP contribution in [-0.2, 0) is 25.7 Å². The minimum absolute atomic E-state index is 0.0405. The third-order valence-electron chi connectivity index (χ3n) is 12.6. The van der Waals surface area contributed by atoms with E-state index in [0.717, 1.165) is 68.4 Å². The fraction of sp³-hybridized carbons (Fsp3) is 0.216. The Balaban J connectivity index is 1.11. The molecule has 0 saturated heterocycles. The number of H-pyrrole nitrogens is 1. The van der Waals surface area contributed by atoms with Gasteiger partial charge in [-0.2, -0.15) is 0 Å². The number of aromatic amines is 1. The highest BCUT2D eigenvalue weighted by atomic mass is 32.2. The zero-order valence-corrected chi connectivity index (χ0v) is 47.6. The molecule has 0 fully saturated rings. The molecule has 420 valence electrons. The van der Waals surface area contributed by atoms with Crippen molar-refractivity contribution in [1.82, 2.24) is 61.5 Å². The number of esters is 1. The second kappa shape index (κ2) is 23.6. The van der Waals surface area contributed by atoms with Crippen LogP contribution in [0.1, 0.15) is 111 Å². The third-order valence-corrected chi connectivity index (χ3v) is 18.1. The number of ether oxygens (including phenoxy) is 1. The molecule has 12 bridgehead atoms. The summed E-state index contributed by atoms with van der Waals surface area (Å²) in [7, 11) is 0. The number of nitrogens with one attached hydrogen (secondary N) is 6. The van der Waals surface area contributed by atoms with Crippen LogP contribution in [0, 0.1) is 6.92 Å². The monoisotopic (exact) mass is 1220 g/mol. The van der Waals surface area contributed by atoms with E-state index in [1.54, 1.807) is 37.4 Å². The maximum Gasteiger partial charge on any atom is 0.335 e. The molecule has 6 amide bonds. The average molecular weight is 1220 g/mol. The predicted molar refractivity (Wildman–Crippen MR) is 305 cm³/mol. The van der Waals surface area contributed by atoms with E-state index in [0.29, 0.717) is 22.0 Å². The first-order valence-electron chi connectivity index (χ1n) is 24.3. The third kappa shape index (κ3) is 11.7. The first-order chi connectivity index (χ1) is 39.2. The van der Waals surface area contributed by atoms with Gasteiger partial charge >= 0.3 is 5.97 Å². The lowest BCUT2D eigenvalue weighted by molar-refractivity contribution is -0.155. The van der Waals surface area contributed by atoms with E-state index in [9.17, 15) is 53.7 Å². The molecule has 0 aliphatic carbocycles. The van der Waals surface area contributed by atoms with Crippen LogP contribution in [0.25, 0.3) is 49.3 Å². The number of aliphatic hydroxyl groups excluding tert-OH is 2. The van der Waals surface area contributed by atoms with Crippen molar-refractivity contribution in [2.24, 2.45) is 5.73 Å². The van der Waals surface area contributed by atoms with E-state index < -0.39 is 89.0 Å². The number of carbonyl (C=O) groups excluding carboxylic acids is 8.